The number of fused-ring (bicyclic) bond motifs is 2. The molecule has 1 aliphatic carbocycles. The highest BCUT2D eigenvalue weighted by Gasteiger charge is 2.32. The summed E-state index contributed by atoms with van der Waals surface area (Å²) in [7, 11) is 0. The molecule has 12 heteroatoms. The number of carboxylic acids is 1. The van der Waals surface area contributed by atoms with Gasteiger partial charge in [0.15, 0.2) is 0 Å². The maximum Gasteiger partial charge on any atom is 0.338 e. The van der Waals surface area contributed by atoms with Gasteiger partial charge < -0.3 is 9.84 Å². The Hall–Kier alpha value is -3.64. The number of halogens is 1. The molecular formula is C35H36ClN5O4S2. The number of aromatic carboxylic acids is 1. The van der Waals surface area contributed by atoms with Crippen LogP contribution in [-0.2, 0) is 19.4 Å². The minimum Gasteiger partial charge on any atom is -0.491 e. The van der Waals surface area contributed by atoms with E-state index in [-0.39, 0.29) is 17.7 Å². The molecule has 47 heavy (non-hydrogen) atoms. The number of thiazole rings is 1. The zero-order valence-corrected chi connectivity index (χ0v) is 29.0. The van der Waals surface area contributed by atoms with Crippen molar-refractivity contribution in [3.8, 4) is 16.9 Å². The minimum absolute atomic E-state index is 0.0246. The van der Waals surface area contributed by atoms with E-state index in [0.29, 0.717) is 46.3 Å². The highest BCUT2D eigenvalue weighted by molar-refractivity contribution is 7.18. The van der Waals surface area contributed by atoms with Gasteiger partial charge in [0.25, 0.3) is 5.56 Å². The van der Waals surface area contributed by atoms with Crippen molar-refractivity contribution in [1.29, 1.82) is 0 Å². The van der Waals surface area contributed by atoms with Gasteiger partial charge in [0, 0.05) is 55.8 Å². The molecule has 1 N–H and O–H groups in total. The lowest BCUT2D eigenvalue weighted by Gasteiger charge is -2.39. The Bertz CT molecular complexity index is 2050. The fourth-order valence-corrected chi connectivity index (χ4v) is 9.18. The maximum atomic E-state index is 13.9. The number of aromatic nitrogens is 4. The van der Waals surface area contributed by atoms with Crippen molar-refractivity contribution in [3.63, 3.8) is 0 Å². The highest BCUT2D eigenvalue weighted by Crippen LogP contribution is 2.40. The van der Waals surface area contributed by atoms with Crippen molar-refractivity contribution in [2.24, 2.45) is 0 Å². The van der Waals surface area contributed by atoms with E-state index in [2.05, 4.69) is 22.2 Å². The summed E-state index contributed by atoms with van der Waals surface area (Å²) < 4.78 is 8.81. The standard InChI is InChI=1S/C35H36ClN5O4S2/c1-19-14-26(32-31(37-19)28(18-46-32)35(43)44)25-15-23(36)4-7-30(25)45-13-12-41-21(3)39-29-6-5-24(16-27(29)34(41)42)40-10-8-22(9-11-40)33-38-20(2)17-47-33/h4,7,14-15,17-18,22,24H,5-6,8-13,16H2,1-3H3,(H,43,44)/t24-/m1/s1. The number of hydrogen-bond donors (Lipinski definition) is 1. The molecule has 244 valence electrons. The van der Waals surface area contributed by atoms with Gasteiger partial charge in [-0.15, -0.1) is 22.7 Å². The lowest BCUT2D eigenvalue weighted by atomic mass is 9.88. The van der Waals surface area contributed by atoms with Gasteiger partial charge in [-0.25, -0.2) is 14.8 Å². The molecule has 0 unspecified atom stereocenters. The summed E-state index contributed by atoms with van der Waals surface area (Å²) in [6, 6.07) is 7.67. The molecular weight excluding hydrogens is 654 g/mol. The van der Waals surface area contributed by atoms with E-state index in [4.69, 9.17) is 26.3 Å². The molecule has 5 aromatic rings. The number of ether oxygens (including phenoxy) is 1. The summed E-state index contributed by atoms with van der Waals surface area (Å²) in [4.78, 5) is 42.4. The zero-order valence-electron chi connectivity index (χ0n) is 26.6. The molecule has 1 aromatic carbocycles. The summed E-state index contributed by atoms with van der Waals surface area (Å²) in [5, 5.41) is 15.2. The van der Waals surface area contributed by atoms with Crippen LogP contribution in [0.15, 0.2) is 39.8 Å². The van der Waals surface area contributed by atoms with Crippen molar-refractivity contribution in [2.75, 3.05) is 19.7 Å². The quantitative estimate of drug-likeness (QED) is 0.184. The Kier molecular flexibility index (Phi) is 8.90. The van der Waals surface area contributed by atoms with Crippen molar-refractivity contribution >= 4 is 50.5 Å². The van der Waals surface area contributed by atoms with Crippen LogP contribution in [-0.4, -0.2) is 61.2 Å². The van der Waals surface area contributed by atoms with Crippen LogP contribution in [0.5, 0.6) is 5.75 Å². The number of thiophene rings is 1. The highest BCUT2D eigenvalue weighted by atomic mass is 35.5. The summed E-state index contributed by atoms with van der Waals surface area (Å²) >= 11 is 9.54. The van der Waals surface area contributed by atoms with Gasteiger partial charge in [0.2, 0.25) is 0 Å². The Labute approximate surface area is 285 Å². The van der Waals surface area contributed by atoms with Crippen LogP contribution < -0.4 is 10.3 Å². The zero-order chi connectivity index (χ0) is 32.8. The number of nitrogens with zero attached hydrogens (tertiary/aromatic N) is 5. The van der Waals surface area contributed by atoms with Crippen molar-refractivity contribution in [3.05, 3.63) is 89.4 Å². The first-order valence-corrected chi connectivity index (χ1v) is 18.1. The average molecular weight is 690 g/mol. The van der Waals surface area contributed by atoms with Gasteiger partial charge in [-0.05, 0) is 90.2 Å². The molecule has 0 bridgehead atoms. The summed E-state index contributed by atoms with van der Waals surface area (Å²) in [6.45, 7) is 8.44. The van der Waals surface area contributed by atoms with Crippen LogP contribution in [0.1, 0.15) is 69.0 Å². The summed E-state index contributed by atoms with van der Waals surface area (Å²) in [6.07, 6.45) is 4.77. The predicted molar refractivity (Wildman–Crippen MR) is 187 cm³/mol. The van der Waals surface area contributed by atoms with E-state index in [1.807, 2.05) is 32.0 Å². The first-order chi connectivity index (χ1) is 22.7. The second kappa shape index (κ2) is 13.1. The lowest BCUT2D eigenvalue weighted by molar-refractivity contribution is 0.0699. The Morgan fingerprint density at radius 3 is 2.57 bits per heavy atom. The molecule has 1 saturated heterocycles. The Morgan fingerprint density at radius 2 is 1.83 bits per heavy atom. The number of pyridine rings is 1. The van der Waals surface area contributed by atoms with E-state index >= 15 is 0 Å². The molecule has 9 nitrogen and oxygen atoms in total. The molecule has 0 radical (unpaired) electrons. The smallest absolute Gasteiger partial charge is 0.338 e. The SMILES string of the molecule is Cc1csc(C2CCN([C@@H]3CCc4nc(C)n(CCOc5ccc(Cl)cc5-c5cc(C)nc6c(C(=O)O)csc56)c(=O)c4C3)CC2)n1. The fraction of sp³-hybridized carbons (Fsp3) is 0.400. The molecule has 0 saturated carbocycles. The van der Waals surface area contributed by atoms with Crippen LogP contribution in [0, 0.1) is 20.8 Å². The van der Waals surface area contributed by atoms with Gasteiger partial charge in [-0.3, -0.25) is 19.2 Å². The van der Waals surface area contributed by atoms with Gasteiger partial charge in [-0.1, -0.05) is 11.6 Å². The monoisotopic (exact) mass is 689 g/mol. The third-order valence-electron chi connectivity index (χ3n) is 9.41. The van der Waals surface area contributed by atoms with Crippen molar-refractivity contribution in [2.45, 2.75) is 71.4 Å². The van der Waals surface area contributed by atoms with E-state index < -0.39 is 5.97 Å². The average Bonchev–Trinajstić information content (AvgIpc) is 3.69. The molecule has 0 spiro atoms. The van der Waals surface area contributed by atoms with Gasteiger partial charge in [0.1, 0.15) is 18.2 Å². The second-order valence-electron chi connectivity index (χ2n) is 12.5. The molecule has 2 aliphatic rings. The molecule has 1 atom stereocenters. The number of aryl methyl sites for hydroxylation is 4. The van der Waals surface area contributed by atoms with Crippen molar-refractivity contribution in [1.82, 2.24) is 24.4 Å². The number of piperidine rings is 1. The normalized spacial score (nSPS) is 17.2. The first-order valence-electron chi connectivity index (χ1n) is 16.0. The third kappa shape index (κ3) is 6.34. The van der Waals surface area contributed by atoms with E-state index in [9.17, 15) is 14.7 Å². The van der Waals surface area contributed by atoms with Gasteiger partial charge >= 0.3 is 5.97 Å². The number of likely N-dealkylation sites (tertiary alicyclic amines) is 1. The van der Waals surface area contributed by atoms with Crippen LogP contribution >= 0.6 is 34.3 Å². The van der Waals surface area contributed by atoms with E-state index in [1.165, 1.54) is 16.3 Å². The summed E-state index contributed by atoms with van der Waals surface area (Å²) in [5.74, 6) is 0.808. The van der Waals surface area contributed by atoms with Gasteiger partial charge in [-0.2, -0.15) is 0 Å². The number of hydrogen-bond acceptors (Lipinski definition) is 9. The molecule has 5 heterocycles. The first kappa shape index (κ1) is 31.9. The van der Waals surface area contributed by atoms with Crippen molar-refractivity contribution < 1.29 is 14.6 Å². The van der Waals surface area contributed by atoms with Crippen LogP contribution in [0.3, 0.4) is 0 Å². The Morgan fingerprint density at radius 1 is 1.02 bits per heavy atom. The molecule has 0 amide bonds. The largest absolute Gasteiger partial charge is 0.491 e. The maximum absolute atomic E-state index is 13.9. The molecule has 1 aliphatic heterocycles. The van der Waals surface area contributed by atoms with E-state index in [1.54, 1.807) is 27.4 Å². The molecule has 7 rings (SSSR count). The topological polar surface area (TPSA) is 110 Å². The minimum atomic E-state index is -1.01. The molecule has 1 fully saturated rings. The second-order valence-corrected chi connectivity index (χ2v) is 14.7. The number of carbonyl (C=O) groups is 1. The van der Waals surface area contributed by atoms with Gasteiger partial charge in [0.05, 0.1) is 33.0 Å². The number of rotatable bonds is 8. The van der Waals surface area contributed by atoms with Crippen LogP contribution in [0.2, 0.25) is 5.02 Å². The van der Waals surface area contributed by atoms with Crippen LogP contribution in [0.4, 0.5) is 0 Å². The fourth-order valence-electron chi connectivity index (χ4n) is 7.03. The third-order valence-corrected chi connectivity index (χ3v) is 11.8. The lowest BCUT2D eigenvalue weighted by Crippen LogP contribution is -2.46. The summed E-state index contributed by atoms with van der Waals surface area (Å²) in [5.41, 5.74) is 5.76. The number of carboxylic acid groups (broad SMARTS) is 1. The predicted octanol–water partition coefficient (Wildman–Crippen LogP) is 7.07. The Balaban J connectivity index is 1.07. The molecule has 4 aromatic heterocycles. The van der Waals surface area contributed by atoms with E-state index in [0.717, 1.165) is 78.0 Å². The van der Waals surface area contributed by atoms with Crippen LogP contribution in [0.25, 0.3) is 21.3 Å². The number of benzene rings is 1.